The molecule has 0 spiro atoms. The number of rotatable bonds is 27. The molecule has 3 N–H and O–H groups in total. The number of hydrogen-bond acceptors (Lipinski definition) is 12. The molecule has 0 heterocycles. The fourth-order valence-electron chi connectivity index (χ4n) is 7.57. The van der Waals surface area contributed by atoms with Crippen LogP contribution >= 0.6 is 35.3 Å². The lowest BCUT2D eigenvalue weighted by molar-refractivity contribution is 0.102. The van der Waals surface area contributed by atoms with Crippen LogP contribution in [0.2, 0.25) is 0 Å². The maximum Gasteiger partial charge on any atom is 0.255 e. The highest BCUT2D eigenvalue weighted by atomic mass is 32.2. The third kappa shape index (κ3) is 18.1. The van der Waals surface area contributed by atoms with Gasteiger partial charge in [0, 0.05) is 66.8 Å². The number of ether oxygens (including phenoxy) is 6. The van der Waals surface area contributed by atoms with Crippen molar-refractivity contribution < 1.29 is 42.8 Å². The maximum absolute atomic E-state index is 14.5. The van der Waals surface area contributed by atoms with Gasteiger partial charge in [0.25, 0.3) is 17.7 Å². The van der Waals surface area contributed by atoms with E-state index in [-0.39, 0.29) is 56.3 Å². The normalized spacial score (nSPS) is 10.1. The molecular formula is C66H51N3O9S3. The summed E-state index contributed by atoms with van der Waals surface area (Å²) >= 11 is 4.35. The summed E-state index contributed by atoms with van der Waals surface area (Å²) in [6, 6.07) is 42.4. The summed E-state index contributed by atoms with van der Waals surface area (Å²) in [6.07, 6.45) is 32.7. The molecule has 0 aliphatic heterocycles. The lowest BCUT2D eigenvalue weighted by atomic mass is 10.0. The van der Waals surface area contributed by atoms with Gasteiger partial charge in [-0.3, -0.25) is 14.4 Å². The van der Waals surface area contributed by atoms with Gasteiger partial charge in [0.05, 0.1) is 17.1 Å². The van der Waals surface area contributed by atoms with Crippen molar-refractivity contribution in [2.45, 2.75) is 31.9 Å². The predicted octanol–water partition coefficient (Wildman–Crippen LogP) is 12.4. The highest BCUT2D eigenvalue weighted by molar-refractivity contribution is 7.99. The van der Waals surface area contributed by atoms with Gasteiger partial charge in [0.15, 0.2) is 0 Å². The van der Waals surface area contributed by atoms with Crippen molar-refractivity contribution in [1.29, 1.82) is 0 Å². The Morgan fingerprint density at radius 3 is 0.778 bits per heavy atom. The Morgan fingerprint density at radius 2 is 0.556 bits per heavy atom. The fraction of sp³-hybridized carbons (Fsp3) is 0.136. The van der Waals surface area contributed by atoms with Crippen LogP contribution in [0.3, 0.4) is 0 Å². The Kier molecular flexibility index (Phi) is 22.5. The number of anilines is 3. The van der Waals surface area contributed by atoms with E-state index in [2.05, 4.69) is 51.5 Å². The molecule has 0 aromatic heterocycles. The topological polar surface area (TPSA) is 143 Å². The Hall–Kier alpha value is -9.84. The van der Waals surface area contributed by atoms with Crippen LogP contribution in [0.5, 0.6) is 34.5 Å². The molecule has 0 aliphatic rings. The first-order valence-electron chi connectivity index (χ1n) is 24.6. The molecule has 0 radical (unpaired) electrons. The molecule has 7 rings (SSSR count). The highest BCUT2D eigenvalue weighted by Crippen LogP contribution is 2.37. The summed E-state index contributed by atoms with van der Waals surface area (Å²) in [5.74, 6) is 17.5. The third-order valence-corrected chi connectivity index (χ3v) is 14.5. The minimum absolute atomic E-state index is 0.0381. The highest BCUT2D eigenvalue weighted by Gasteiger charge is 2.21. The second kappa shape index (κ2) is 30.9. The lowest BCUT2D eigenvalue weighted by Crippen LogP contribution is -2.20. The standard InChI is InChI=1S/C66H51N3O9S3/c1-7-25-73-52-31-46(32-53(40-52)74-26-8-2)43-79-61-22-16-13-19-58(61)67-64(70)49-37-50(65(71)68-59-20-14-17-23-62(59)80-44-47-33-54(75-27-9-3)41-55(34-47)76-28-10-4)39-51(38-49)66(72)69-60-21-15-18-24-63(60)81-45-48-35-56(77-29-11-5)42-57(36-48)78-30-12-6/h1-6,13-24,31-42H,25-30,43-45H2,(H,67,70)(H,68,71)(H,69,72). The largest absolute Gasteiger partial charge is 0.481 e. The first kappa shape index (κ1) is 58.8. The molecule has 0 unspecified atom stereocenters. The van der Waals surface area contributed by atoms with Gasteiger partial charge in [0.2, 0.25) is 0 Å². The van der Waals surface area contributed by atoms with Gasteiger partial charge in [-0.2, -0.15) is 0 Å². The average molecular weight is 1130 g/mol. The molecule has 7 aromatic carbocycles. The van der Waals surface area contributed by atoms with E-state index in [0.29, 0.717) is 68.8 Å². The van der Waals surface area contributed by atoms with E-state index in [1.54, 1.807) is 54.6 Å². The van der Waals surface area contributed by atoms with Crippen LogP contribution in [-0.4, -0.2) is 57.4 Å². The predicted molar refractivity (Wildman–Crippen MR) is 324 cm³/mol. The summed E-state index contributed by atoms with van der Waals surface area (Å²) < 4.78 is 34.2. The number of thioether (sulfide) groups is 3. The number of carbonyl (C=O) groups is 3. The second-order valence-electron chi connectivity index (χ2n) is 16.9. The Morgan fingerprint density at radius 1 is 0.333 bits per heavy atom. The second-order valence-corrected chi connectivity index (χ2v) is 20.0. The van der Waals surface area contributed by atoms with Gasteiger partial charge < -0.3 is 44.4 Å². The van der Waals surface area contributed by atoms with E-state index in [4.69, 9.17) is 67.0 Å². The molecule has 81 heavy (non-hydrogen) atoms. The molecule has 7 aromatic rings. The summed E-state index contributed by atoms with van der Waals surface area (Å²) in [4.78, 5) is 45.8. The first-order chi connectivity index (χ1) is 39.6. The first-order valence-corrected chi connectivity index (χ1v) is 27.6. The van der Waals surface area contributed by atoms with E-state index < -0.39 is 17.7 Å². The molecule has 3 amide bonds. The molecule has 15 heteroatoms. The smallest absolute Gasteiger partial charge is 0.255 e. The summed E-state index contributed by atoms with van der Waals surface area (Å²) in [7, 11) is 0. The number of benzene rings is 7. The molecule has 0 aliphatic carbocycles. The zero-order valence-electron chi connectivity index (χ0n) is 43.6. The Bertz CT molecular complexity index is 3170. The molecule has 0 bridgehead atoms. The van der Waals surface area contributed by atoms with Crippen LogP contribution in [0, 0.1) is 74.1 Å². The number of hydrogen-bond donors (Lipinski definition) is 3. The Labute approximate surface area is 485 Å². The average Bonchev–Trinajstić information content (AvgIpc) is 3.49. The zero-order chi connectivity index (χ0) is 57.2. The van der Waals surface area contributed by atoms with Crippen LogP contribution in [0.15, 0.2) is 160 Å². The fourth-order valence-corrected chi connectivity index (χ4v) is 10.4. The van der Waals surface area contributed by atoms with Gasteiger partial charge in [-0.1, -0.05) is 71.9 Å². The monoisotopic (exact) mass is 1130 g/mol. The van der Waals surface area contributed by atoms with E-state index in [1.807, 2.05) is 72.8 Å². The van der Waals surface area contributed by atoms with Crippen LogP contribution in [0.4, 0.5) is 17.1 Å². The third-order valence-electron chi connectivity index (χ3n) is 11.1. The van der Waals surface area contributed by atoms with E-state index >= 15 is 0 Å². The number of para-hydroxylation sites is 3. The number of terminal acetylenes is 6. The van der Waals surface area contributed by atoms with Gasteiger partial charge in [0.1, 0.15) is 74.1 Å². The van der Waals surface area contributed by atoms with Gasteiger partial charge in [-0.25, -0.2) is 0 Å². The van der Waals surface area contributed by atoms with Crippen molar-refractivity contribution >= 4 is 70.1 Å². The molecule has 0 saturated heterocycles. The van der Waals surface area contributed by atoms with Crippen molar-refractivity contribution in [1.82, 2.24) is 0 Å². The molecule has 12 nitrogen and oxygen atoms in total. The Balaban J connectivity index is 1.16. The van der Waals surface area contributed by atoms with Crippen molar-refractivity contribution in [2.24, 2.45) is 0 Å². The van der Waals surface area contributed by atoms with Crippen LogP contribution in [0.25, 0.3) is 0 Å². The van der Waals surface area contributed by atoms with Crippen molar-refractivity contribution in [3.63, 3.8) is 0 Å². The molecule has 0 fully saturated rings. The summed E-state index contributed by atoms with van der Waals surface area (Å²) in [5.41, 5.74) is 4.10. The minimum atomic E-state index is -0.577. The van der Waals surface area contributed by atoms with Crippen LogP contribution in [0.1, 0.15) is 47.8 Å². The van der Waals surface area contributed by atoms with Crippen molar-refractivity contribution in [2.75, 3.05) is 55.6 Å². The van der Waals surface area contributed by atoms with Crippen LogP contribution < -0.4 is 44.4 Å². The number of nitrogens with one attached hydrogen (secondary N) is 3. The van der Waals surface area contributed by atoms with Gasteiger partial charge in [-0.15, -0.1) is 73.8 Å². The summed E-state index contributed by atoms with van der Waals surface area (Å²) in [6.45, 7) is 0.365. The number of amides is 3. The molecule has 402 valence electrons. The molecule has 0 atom stereocenters. The minimum Gasteiger partial charge on any atom is -0.481 e. The summed E-state index contributed by atoms with van der Waals surface area (Å²) in [5, 5.41) is 9.06. The lowest BCUT2D eigenvalue weighted by Gasteiger charge is -2.15. The van der Waals surface area contributed by atoms with Gasteiger partial charge in [-0.05, 0) is 108 Å². The van der Waals surface area contributed by atoms with Crippen molar-refractivity contribution in [3.8, 4) is 109 Å². The van der Waals surface area contributed by atoms with E-state index in [1.165, 1.54) is 53.5 Å². The number of carbonyl (C=O) groups excluding carboxylic acids is 3. The van der Waals surface area contributed by atoms with Gasteiger partial charge >= 0.3 is 0 Å². The van der Waals surface area contributed by atoms with Crippen molar-refractivity contribution in [3.05, 3.63) is 179 Å². The van der Waals surface area contributed by atoms with Crippen LogP contribution in [-0.2, 0) is 17.3 Å². The SMILES string of the molecule is C#CCOc1cc(CSc2ccccc2NC(=O)c2cc(C(=O)Nc3ccccc3SCc3cc(OCC#C)cc(OCC#C)c3)cc(C(=O)Nc3ccccc3SCc3cc(OCC#C)cc(OCC#C)c3)c2)cc(OCC#C)c1. The quantitative estimate of drug-likeness (QED) is 0.0333. The zero-order valence-corrected chi connectivity index (χ0v) is 46.0. The molecule has 0 saturated carbocycles. The van der Waals surface area contributed by atoms with E-state index in [9.17, 15) is 14.4 Å². The maximum atomic E-state index is 14.5. The molecular weight excluding hydrogens is 1070 g/mol. The van der Waals surface area contributed by atoms with E-state index in [0.717, 1.165) is 31.4 Å².